The SMILES string of the molecule is CCc1ccccc1-c1ccc(NC(=O)CCCCN2CCCN(C(C)=O)CC2)cc1.[HH]. The van der Waals surface area contributed by atoms with Crippen LogP contribution in [0.4, 0.5) is 5.69 Å². The standard InChI is InChI=1S/C26H35N3O2.H2/c1-3-22-9-4-5-10-25(22)23-12-14-24(15-13-23)27-26(31)11-6-7-16-28-17-8-18-29(20-19-28)21(2)30;/h4-5,9-10,12-15H,3,6-8,11,16-20H2,1-2H3,(H,27,31);1H. The van der Waals surface area contributed by atoms with E-state index < -0.39 is 0 Å². The Labute approximate surface area is 187 Å². The van der Waals surface area contributed by atoms with Crippen molar-refractivity contribution < 1.29 is 11.0 Å². The van der Waals surface area contributed by atoms with Gasteiger partial charge in [-0.2, -0.15) is 0 Å². The molecule has 0 bridgehead atoms. The topological polar surface area (TPSA) is 52.7 Å². The summed E-state index contributed by atoms with van der Waals surface area (Å²) in [7, 11) is 0. The lowest BCUT2D eigenvalue weighted by Crippen LogP contribution is -2.34. The average Bonchev–Trinajstić information content (AvgIpc) is 3.03. The predicted octanol–water partition coefficient (Wildman–Crippen LogP) is 4.83. The second-order valence-corrected chi connectivity index (χ2v) is 8.29. The fraction of sp³-hybridized carbons (Fsp3) is 0.462. The lowest BCUT2D eigenvalue weighted by atomic mass is 9.98. The van der Waals surface area contributed by atoms with Gasteiger partial charge >= 0.3 is 0 Å². The third-order valence-corrected chi connectivity index (χ3v) is 6.04. The van der Waals surface area contributed by atoms with Gasteiger partial charge in [-0.15, -0.1) is 0 Å². The van der Waals surface area contributed by atoms with E-state index in [9.17, 15) is 9.59 Å². The van der Waals surface area contributed by atoms with E-state index in [1.54, 1.807) is 6.92 Å². The van der Waals surface area contributed by atoms with Gasteiger partial charge in [0.25, 0.3) is 0 Å². The Morgan fingerprint density at radius 3 is 2.48 bits per heavy atom. The largest absolute Gasteiger partial charge is 0.342 e. The van der Waals surface area contributed by atoms with Crippen LogP contribution < -0.4 is 5.32 Å². The molecule has 3 rings (SSSR count). The Hall–Kier alpha value is -2.66. The second kappa shape index (κ2) is 11.7. The maximum absolute atomic E-state index is 12.3. The van der Waals surface area contributed by atoms with E-state index in [0.29, 0.717) is 6.42 Å². The summed E-state index contributed by atoms with van der Waals surface area (Å²) in [5.74, 6) is 0.237. The molecule has 1 heterocycles. The Bertz CT molecular complexity index is 870. The molecule has 0 aromatic heterocycles. The van der Waals surface area contributed by atoms with Crippen LogP contribution >= 0.6 is 0 Å². The van der Waals surface area contributed by atoms with Crippen LogP contribution in [0.3, 0.4) is 0 Å². The first-order valence-electron chi connectivity index (χ1n) is 11.5. The van der Waals surface area contributed by atoms with Gasteiger partial charge in [-0.25, -0.2) is 0 Å². The lowest BCUT2D eigenvalue weighted by Gasteiger charge is -2.20. The highest BCUT2D eigenvalue weighted by Gasteiger charge is 2.16. The van der Waals surface area contributed by atoms with Crippen LogP contribution in [-0.2, 0) is 16.0 Å². The summed E-state index contributed by atoms with van der Waals surface area (Å²) in [5.41, 5.74) is 4.61. The van der Waals surface area contributed by atoms with E-state index in [2.05, 4.69) is 53.5 Å². The van der Waals surface area contributed by atoms with Gasteiger partial charge < -0.3 is 15.1 Å². The molecule has 2 aromatic rings. The summed E-state index contributed by atoms with van der Waals surface area (Å²) in [5, 5.41) is 3.02. The van der Waals surface area contributed by atoms with Gasteiger partial charge in [0.1, 0.15) is 0 Å². The van der Waals surface area contributed by atoms with E-state index in [-0.39, 0.29) is 13.2 Å². The predicted molar refractivity (Wildman–Crippen MR) is 129 cm³/mol. The fourth-order valence-corrected chi connectivity index (χ4v) is 4.20. The molecule has 1 aliphatic rings. The van der Waals surface area contributed by atoms with Crippen molar-refractivity contribution in [3.05, 3.63) is 54.1 Å². The van der Waals surface area contributed by atoms with Crippen molar-refractivity contribution in [3.63, 3.8) is 0 Å². The highest BCUT2D eigenvalue weighted by molar-refractivity contribution is 5.91. The molecule has 0 spiro atoms. The number of carbonyl (C=O) groups excluding carboxylic acids is 2. The molecule has 1 aliphatic heterocycles. The number of nitrogens with zero attached hydrogens (tertiary/aromatic N) is 2. The Kier molecular flexibility index (Phi) is 8.65. The second-order valence-electron chi connectivity index (χ2n) is 8.29. The minimum Gasteiger partial charge on any atom is -0.342 e. The number of carbonyl (C=O) groups is 2. The van der Waals surface area contributed by atoms with Crippen LogP contribution in [0.15, 0.2) is 48.5 Å². The smallest absolute Gasteiger partial charge is 0.224 e. The third kappa shape index (κ3) is 6.93. The molecular formula is C26H37N3O2. The maximum Gasteiger partial charge on any atom is 0.224 e. The molecule has 0 atom stereocenters. The Balaban J connectivity index is 0.00000363. The highest BCUT2D eigenvalue weighted by atomic mass is 16.2. The zero-order valence-corrected chi connectivity index (χ0v) is 18.9. The molecule has 168 valence electrons. The molecular weight excluding hydrogens is 386 g/mol. The normalized spacial score (nSPS) is 14.8. The minimum absolute atomic E-state index is 0. The minimum atomic E-state index is 0. The van der Waals surface area contributed by atoms with Gasteiger partial charge in [0.2, 0.25) is 11.8 Å². The average molecular weight is 424 g/mol. The molecule has 5 heteroatoms. The molecule has 0 aliphatic carbocycles. The van der Waals surface area contributed by atoms with Crippen LogP contribution in [0.1, 0.15) is 46.5 Å². The summed E-state index contributed by atoms with van der Waals surface area (Å²) < 4.78 is 0. The van der Waals surface area contributed by atoms with Crippen molar-refractivity contribution in [1.29, 1.82) is 0 Å². The number of amides is 2. The van der Waals surface area contributed by atoms with Crippen molar-refractivity contribution in [1.82, 2.24) is 9.80 Å². The molecule has 31 heavy (non-hydrogen) atoms. The molecule has 1 saturated heterocycles. The number of aryl methyl sites for hydroxylation is 1. The van der Waals surface area contributed by atoms with Crippen LogP contribution in [-0.4, -0.2) is 54.3 Å². The van der Waals surface area contributed by atoms with Gasteiger partial charge in [0.15, 0.2) is 0 Å². The molecule has 5 nitrogen and oxygen atoms in total. The highest BCUT2D eigenvalue weighted by Crippen LogP contribution is 2.25. The summed E-state index contributed by atoms with van der Waals surface area (Å²) in [4.78, 5) is 28.2. The quantitative estimate of drug-likeness (QED) is 0.619. The summed E-state index contributed by atoms with van der Waals surface area (Å²) in [6.07, 6.45) is 4.44. The Morgan fingerprint density at radius 1 is 0.968 bits per heavy atom. The van der Waals surface area contributed by atoms with E-state index in [1.165, 1.54) is 16.7 Å². The summed E-state index contributed by atoms with van der Waals surface area (Å²) in [6.45, 7) is 8.44. The molecule has 0 unspecified atom stereocenters. The molecule has 2 aromatic carbocycles. The molecule has 1 N–H and O–H groups in total. The number of hydrogen-bond donors (Lipinski definition) is 1. The molecule has 0 radical (unpaired) electrons. The Morgan fingerprint density at radius 2 is 1.74 bits per heavy atom. The fourth-order valence-electron chi connectivity index (χ4n) is 4.20. The first kappa shape index (κ1) is 23.0. The number of anilines is 1. The number of unbranched alkanes of at least 4 members (excludes halogenated alkanes) is 1. The van der Waals surface area contributed by atoms with Gasteiger partial charge in [-0.1, -0.05) is 43.3 Å². The maximum atomic E-state index is 12.3. The van der Waals surface area contributed by atoms with Crippen molar-refractivity contribution in [3.8, 4) is 11.1 Å². The number of hydrogen-bond acceptors (Lipinski definition) is 3. The number of rotatable bonds is 8. The van der Waals surface area contributed by atoms with Crippen molar-refractivity contribution in [2.75, 3.05) is 38.0 Å². The van der Waals surface area contributed by atoms with Gasteiger partial charge in [-0.05, 0) is 67.6 Å². The summed E-state index contributed by atoms with van der Waals surface area (Å²) in [6, 6.07) is 16.6. The van der Waals surface area contributed by atoms with E-state index >= 15 is 0 Å². The van der Waals surface area contributed by atoms with Gasteiger partial charge in [0, 0.05) is 40.1 Å². The molecule has 0 saturated carbocycles. The van der Waals surface area contributed by atoms with Crippen LogP contribution in [0.25, 0.3) is 11.1 Å². The number of nitrogens with one attached hydrogen (secondary N) is 1. The first-order chi connectivity index (χ1) is 15.1. The van der Waals surface area contributed by atoms with E-state index in [1.807, 2.05) is 17.0 Å². The zero-order chi connectivity index (χ0) is 22.1. The van der Waals surface area contributed by atoms with Gasteiger partial charge in [-0.3, -0.25) is 9.59 Å². The lowest BCUT2D eigenvalue weighted by molar-refractivity contribution is -0.128. The van der Waals surface area contributed by atoms with Crippen molar-refractivity contribution in [2.24, 2.45) is 0 Å². The molecule has 2 amide bonds. The van der Waals surface area contributed by atoms with E-state index in [0.717, 1.165) is 64.1 Å². The summed E-state index contributed by atoms with van der Waals surface area (Å²) >= 11 is 0. The van der Waals surface area contributed by atoms with E-state index in [4.69, 9.17) is 0 Å². The third-order valence-electron chi connectivity index (χ3n) is 6.04. The van der Waals surface area contributed by atoms with Gasteiger partial charge in [0.05, 0.1) is 0 Å². The number of benzene rings is 2. The van der Waals surface area contributed by atoms with Crippen LogP contribution in [0.2, 0.25) is 0 Å². The van der Waals surface area contributed by atoms with Crippen LogP contribution in [0.5, 0.6) is 0 Å². The zero-order valence-electron chi connectivity index (χ0n) is 18.9. The van der Waals surface area contributed by atoms with Crippen molar-refractivity contribution >= 4 is 17.5 Å². The van der Waals surface area contributed by atoms with Crippen LogP contribution in [0, 0.1) is 0 Å². The molecule has 1 fully saturated rings. The monoisotopic (exact) mass is 423 g/mol. The van der Waals surface area contributed by atoms with Crippen molar-refractivity contribution in [2.45, 2.75) is 46.0 Å². The first-order valence-corrected chi connectivity index (χ1v) is 11.5.